The summed E-state index contributed by atoms with van der Waals surface area (Å²) in [6.45, 7) is 5.80. The molecule has 0 radical (unpaired) electrons. The van der Waals surface area contributed by atoms with E-state index >= 15 is 0 Å². The van der Waals surface area contributed by atoms with Crippen molar-refractivity contribution in [1.82, 2.24) is 0 Å². The Morgan fingerprint density at radius 3 is 2.26 bits per heavy atom. The van der Waals surface area contributed by atoms with Crippen LogP contribution in [0.5, 0.6) is 0 Å². The highest BCUT2D eigenvalue weighted by atomic mass is 19.2. The summed E-state index contributed by atoms with van der Waals surface area (Å²) >= 11 is 0. The molecule has 144 valence electrons. The average molecular weight is 377 g/mol. The van der Waals surface area contributed by atoms with Crippen molar-refractivity contribution < 1.29 is 17.6 Å². The van der Waals surface area contributed by atoms with Crippen molar-refractivity contribution in [3.8, 4) is 11.3 Å². The molecule has 1 aromatic rings. The summed E-state index contributed by atoms with van der Waals surface area (Å²) in [6.07, 6.45) is 4.00. The Morgan fingerprint density at radius 2 is 1.63 bits per heavy atom. The predicted octanol–water partition coefficient (Wildman–Crippen LogP) is 5.72. The molecule has 0 saturated carbocycles. The first-order chi connectivity index (χ1) is 13.0. The summed E-state index contributed by atoms with van der Waals surface area (Å²) in [4.78, 5) is 13.7. The summed E-state index contributed by atoms with van der Waals surface area (Å²) in [5, 5.41) is 0.523. The van der Waals surface area contributed by atoms with Crippen molar-refractivity contribution in [3.63, 3.8) is 0 Å². The number of hydrogen-bond acceptors (Lipinski definition) is 3. The van der Waals surface area contributed by atoms with Crippen molar-refractivity contribution in [1.29, 1.82) is 0 Å². The van der Waals surface area contributed by atoms with Gasteiger partial charge in [0.15, 0.2) is 17.2 Å². The number of anilines is 1. The summed E-state index contributed by atoms with van der Waals surface area (Å²) < 4.78 is 47.7. The molecule has 0 fully saturated rings. The first-order valence-corrected chi connectivity index (χ1v) is 9.27. The SMILES string of the molecule is CCCCN(CCCC)c1cccc2cc3c(F)c(F)c(=O)c(F)c-3oc12. The minimum atomic E-state index is -1.72. The van der Waals surface area contributed by atoms with Crippen LogP contribution in [0.3, 0.4) is 0 Å². The van der Waals surface area contributed by atoms with Crippen LogP contribution in [0.15, 0.2) is 33.5 Å². The van der Waals surface area contributed by atoms with E-state index in [1.165, 1.54) is 6.07 Å². The molecule has 0 saturated heterocycles. The van der Waals surface area contributed by atoms with Crippen LogP contribution in [0.1, 0.15) is 39.5 Å². The Hall–Kier alpha value is -2.50. The number of hydrogen-bond donors (Lipinski definition) is 0. The summed E-state index contributed by atoms with van der Waals surface area (Å²) in [6, 6.07) is 6.69. The molecule has 0 N–H and O–H groups in total. The first kappa shape index (κ1) is 19.3. The van der Waals surface area contributed by atoms with E-state index in [-0.39, 0.29) is 5.56 Å². The van der Waals surface area contributed by atoms with Gasteiger partial charge < -0.3 is 9.32 Å². The third-order valence-electron chi connectivity index (χ3n) is 4.70. The minimum absolute atomic E-state index is 0.363. The van der Waals surface area contributed by atoms with Gasteiger partial charge in [-0.15, -0.1) is 0 Å². The smallest absolute Gasteiger partial charge is 0.256 e. The Balaban J connectivity index is 2.24. The van der Waals surface area contributed by atoms with Crippen LogP contribution in [-0.2, 0) is 0 Å². The molecule has 0 aromatic heterocycles. The number of halogens is 3. The van der Waals surface area contributed by atoms with Gasteiger partial charge in [-0.3, -0.25) is 4.79 Å². The first-order valence-electron chi connectivity index (χ1n) is 9.27. The van der Waals surface area contributed by atoms with Crippen molar-refractivity contribution in [2.75, 3.05) is 18.0 Å². The standard InChI is InChI=1S/C21H22F3NO2/c1-3-5-10-25(11-6-4-2)15-9-7-8-13-12-14-16(22)17(23)19(26)18(24)21(14)27-20(13)15/h7-9,12H,3-6,10-11H2,1-2H3. The number of fused-ring (bicyclic) bond motifs is 2. The quantitative estimate of drug-likeness (QED) is 0.390. The number of rotatable bonds is 7. The van der Waals surface area contributed by atoms with E-state index in [1.54, 1.807) is 12.1 Å². The molecule has 1 heterocycles. The molecule has 6 heteroatoms. The summed E-state index contributed by atoms with van der Waals surface area (Å²) in [5.74, 6) is -5.07. The largest absolute Gasteiger partial charge is 0.451 e. The third-order valence-corrected chi connectivity index (χ3v) is 4.70. The maximum absolute atomic E-state index is 14.3. The van der Waals surface area contributed by atoms with Gasteiger partial charge in [0.05, 0.1) is 11.3 Å². The Labute approximate surface area is 155 Å². The van der Waals surface area contributed by atoms with Crippen molar-refractivity contribution in [2.45, 2.75) is 39.5 Å². The van der Waals surface area contributed by atoms with Crippen LogP contribution in [0, 0.1) is 17.5 Å². The molecule has 1 aromatic carbocycles. The molecule has 2 aliphatic rings. The average Bonchev–Trinajstić information content (AvgIpc) is 2.69. The van der Waals surface area contributed by atoms with Gasteiger partial charge in [-0.1, -0.05) is 38.8 Å². The fourth-order valence-corrected chi connectivity index (χ4v) is 3.19. The molecular formula is C21H22F3NO2. The van der Waals surface area contributed by atoms with E-state index in [9.17, 15) is 18.0 Å². The molecule has 3 nitrogen and oxygen atoms in total. The van der Waals surface area contributed by atoms with Gasteiger partial charge >= 0.3 is 0 Å². The summed E-state index contributed by atoms with van der Waals surface area (Å²) in [7, 11) is 0. The minimum Gasteiger partial charge on any atom is -0.451 e. The van der Waals surface area contributed by atoms with Crippen molar-refractivity contribution >= 4 is 16.7 Å². The third kappa shape index (κ3) is 3.53. The van der Waals surface area contributed by atoms with Gasteiger partial charge in [0.1, 0.15) is 0 Å². The fourth-order valence-electron chi connectivity index (χ4n) is 3.19. The molecule has 3 rings (SSSR count). The summed E-state index contributed by atoms with van der Waals surface area (Å²) in [5.41, 5.74) is -0.869. The number of unbranched alkanes of at least 4 members (excludes halogenated alkanes) is 2. The van der Waals surface area contributed by atoms with Gasteiger partial charge in [0.25, 0.3) is 5.43 Å². The zero-order chi connectivity index (χ0) is 19.6. The van der Waals surface area contributed by atoms with Crippen LogP contribution in [-0.4, -0.2) is 13.1 Å². The highest BCUT2D eigenvalue weighted by Gasteiger charge is 2.27. The van der Waals surface area contributed by atoms with Gasteiger partial charge in [0.2, 0.25) is 11.6 Å². The van der Waals surface area contributed by atoms with E-state index in [0.717, 1.165) is 44.5 Å². The second-order valence-electron chi connectivity index (χ2n) is 6.65. The number of benzene rings is 2. The van der Waals surface area contributed by atoms with Crippen LogP contribution >= 0.6 is 0 Å². The molecule has 0 bridgehead atoms. The van der Waals surface area contributed by atoms with Gasteiger partial charge in [-0.2, -0.15) is 8.78 Å². The molecule has 0 spiro atoms. The van der Waals surface area contributed by atoms with Crippen LogP contribution < -0.4 is 10.3 Å². The lowest BCUT2D eigenvalue weighted by Gasteiger charge is -2.25. The zero-order valence-corrected chi connectivity index (χ0v) is 15.4. The van der Waals surface area contributed by atoms with E-state index in [4.69, 9.17) is 4.42 Å². The van der Waals surface area contributed by atoms with Gasteiger partial charge in [-0.05, 0) is 25.0 Å². The van der Waals surface area contributed by atoms with E-state index < -0.39 is 28.6 Å². The molecule has 27 heavy (non-hydrogen) atoms. The Bertz CT molecular complexity index is 975. The molecular weight excluding hydrogens is 355 g/mol. The van der Waals surface area contributed by atoms with Crippen LogP contribution in [0.4, 0.5) is 18.9 Å². The second-order valence-corrected chi connectivity index (χ2v) is 6.65. The van der Waals surface area contributed by atoms with E-state index in [2.05, 4.69) is 18.7 Å². The maximum Gasteiger partial charge on any atom is 0.256 e. The Morgan fingerprint density at radius 1 is 0.963 bits per heavy atom. The molecule has 0 unspecified atom stereocenters. The molecule has 1 aliphatic heterocycles. The molecule has 1 aliphatic carbocycles. The Kier molecular flexibility index (Phi) is 5.73. The van der Waals surface area contributed by atoms with E-state index in [0.29, 0.717) is 11.0 Å². The monoisotopic (exact) mass is 377 g/mol. The second kappa shape index (κ2) is 8.03. The topological polar surface area (TPSA) is 33.5 Å². The lowest BCUT2D eigenvalue weighted by molar-refractivity contribution is 0.465. The molecule has 0 amide bonds. The predicted molar refractivity (Wildman–Crippen MR) is 101 cm³/mol. The maximum atomic E-state index is 14.3. The van der Waals surface area contributed by atoms with Crippen molar-refractivity contribution in [3.05, 3.63) is 51.9 Å². The lowest BCUT2D eigenvalue weighted by Crippen LogP contribution is -2.25. The van der Waals surface area contributed by atoms with Gasteiger partial charge in [-0.25, -0.2) is 4.39 Å². The number of para-hydroxylation sites is 1. The highest BCUT2D eigenvalue weighted by molar-refractivity contribution is 5.92. The zero-order valence-electron chi connectivity index (χ0n) is 15.4. The van der Waals surface area contributed by atoms with Crippen LogP contribution in [0.25, 0.3) is 22.3 Å². The van der Waals surface area contributed by atoms with E-state index in [1.807, 2.05) is 6.07 Å². The lowest BCUT2D eigenvalue weighted by atomic mass is 10.1. The van der Waals surface area contributed by atoms with Crippen molar-refractivity contribution in [2.24, 2.45) is 0 Å². The van der Waals surface area contributed by atoms with Crippen LogP contribution in [0.2, 0.25) is 0 Å². The van der Waals surface area contributed by atoms with Gasteiger partial charge in [0, 0.05) is 18.5 Å². The normalized spacial score (nSPS) is 11.4. The fraction of sp³-hybridized carbons (Fsp3) is 0.381. The number of nitrogens with zero attached hydrogens (tertiary/aromatic N) is 1. The highest BCUT2D eigenvalue weighted by Crippen LogP contribution is 2.36. The molecule has 0 atom stereocenters.